The van der Waals surface area contributed by atoms with Crippen LogP contribution >= 0.6 is 23.8 Å². The number of aryl methyl sites for hydroxylation is 1. The summed E-state index contributed by atoms with van der Waals surface area (Å²) in [6.07, 6.45) is 0.817. The second-order valence-corrected chi connectivity index (χ2v) is 5.98. The maximum Gasteiger partial charge on any atom is 0.226 e. The minimum atomic E-state index is -0.195. The van der Waals surface area contributed by atoms with E-state index in [4.69, 9.17) is 33.3 Å². The van der Waals surface area contributed by atoms with E-state index in [-0.39, 0.29) is 17.4 Å². The molecule has 132 valence electrons. The summed E-state index contributed by atoms with van der Waals surface area (Å²) in [6.45, 7) is 0. The summed E-state index contributed by atoms with van der Waals surface area (Å²) in [5.41, 5.74) is 1.53. The first-order valence-corrected chi connectivity index (χ1v) is 8.38. The first-order chi connectivity index (χ1) is 12.0. The number of thiocarbonyl (C=S) groups is 1. The van der Waals surface area contributed by atoms with Crippen molar-refractivity contribution in [1.82, 2.24) is 5.32 Å². The number of hydrogen-bond donors (Lipinski definition) is 2. The lowest BCUT2D eigenvalue weighted by atomic mass is 10.1. The van der Waals surface area contributed by atoms with Gasteiger partial charge in [0.15, 0.2) is 5.11 Å². The molecule has 2 aromatic rings. The Kier molecular flexibility index (Phi) is 7.03. The number of rotatable bonds is 6. The summed E-state index contributed by atoms with van der Waals surface area (Å²) < 4.78 is 10.4. The fraction of sp³-hybridized carbons (Fsp3) is 0.222. The Morgan fingerprint density at radius 3 is 2.60 bits per heavy atom. The predicted octanol–water partition coefficient (Wildman–Crippen LogP) is 3.80. The second kappa shape index (κ2) is 9.25. The molecule has 25 heavy (non-hydrogen) atoms. The van der Waals surface area contributed by atoms with E-state index in [1.165, 1.54) is 0 Å². The van der Waals surface area contributed by atoms with E-state index in [2.05, 4.69) is 10.6 Å². The van der Waals surface area contributed by atoms with Gasteiger partial charge in [-0.2, -0.15) is 0 Å². The third kappa shape index (κ3) is 5.62. The van der Waals surface area contributed by atoms with Crippen LogP contribution in [-0.4, -0.2) is 25.2 Å². The van der Waals surface area contributed by atoms with E-state index in [9.17, 15) is 4.79 Å². The van der Waals surface area contributed by atoms with Crippen molar-refractivity contribution >= 4 is 40.5 Å². The maximum atomic E-state index is 12.1. The molecule has 0 radical (unpaired) electrons. The Labute approximate surface area is 157 Å². The second-order valence-electron chi connectivity index (χ2n) is 5.16. The molecule has 0 saturated heterocycles. The van der Waals surface area contributed by atoms with E-state index < -0.39 is 0 Å². The van der Waals surface area contributed by atoms with Gasteiger partial charge in [0.05, 0.1) is 19.9 Å². The molecule has 2 rings (SSSR count). The molecule has 0 atom stereocenters. The number of methoxy groups -OCH3 is 2. The quantitative estimate of drug-likeness (QED) is 0.748. The van der Waals surface area contributed by atoms with E-state index >= 15 is 0 Å². The number of halogens is 1. The van der Waals surface area contributed by atoms with Gasteiger partial charge in [-0.25, -0.2) is 0 Å². The van der Waals surface area contributed by atoms with Gasteiger partial charge < -0.3 is 20.1 Å². The van der Waals surface area contributed by atoms with Gasteiger partial charge in [0.2, 0.25) is 5.91 Å². The summed E-state index contributed by atoms with van der Waals surface area (Å²) in [4.78, 5) is 12.1. The fourth-order valence-corrected chi connectivity index (χ4v) is 2.66. The third-order valence-electron chi connectivity index (χ3n) is 3.49. The number of carbonyl (C=O) groups excluding carboxylic acids is 1. The SMILES string of the molecule is COc1ccc(OC)c(NC(=S)NC(=O)CCc2ccccc2Cl)c1. The van der Waals surface area contributed by atoms with Crippen LogP contribution in [0.5, 0.6) is 11.5 Å². The predicted molar refractivity (Wildman–Crippen MR) is 104 cm³/mol. The molecular formula is C18H19ClN2O3S. The van der Waals surface area contributed by atoms with E-state index in [1.807, 2.05) is 18.2 Å². The number of anilines is 1. The Hall–Kier alpha value is -2.31. The first kappa shape index (κ1) is 19.0. The minimum absolute atomic E-state index is 0.190. The molecule has 0 heterocycles. The monoisotopic (exact) mass is 378 g/mol. The molecule has 0 aromatic heterocycles. The lowest BCUT2D eigenvalue weighted by Crippen LogP contribution is -2.34. The van der Waals surface area contributed by atoms with Crippen molar-refractivity contribution in [2.24, 2.45) is 0 Å². The Morgan fingerprint density at radius 1 is 1.16 bits per heavy atom. The molecule has 5 nitrogen and oxygen atoms in total. The van der Waals surface area contributed by atoms with Crippen LogP contribution in [0, 0.1) is 0 Å². The van der Waals surface area contributed by atoms with Crippen LogP contribution in [0.15, 0.2) is 42.5 Å². The van der Waals surface area contributed by atoms with Gasteiger partial charge in [-0.15, -0.1) is 0 Å². The van der Waals surface area contributed by atoms with Crippen molar-refractivity contribution in [3.05, 3.63) is 53.1 Å². The zero-order valence-electron chi connectivity index (χ0n) is 14.0. The smallest absolute Gasteiger partial charge is 0.226 e. The van der Waals surface area contributed by atoms with E-state index in [0.29, 0.717) is 28.6 Å². The molecule has 2 N–H and O–H groups in total. The summed E-state index contributed by atoms with van der Waals surface area (Å²) in [7, 11) is 3.12. The Balaban J connectivity index is 1.91. The van der Waals surface area contributed by atoms with Crippen LogP contribution in [0.3, 0.4) is 0 Å². The molecule has 2 aromatic carbocycles. The number of amides is 1. The number of ether oxygens (including phenoxy) is 2. The number of benzene rings is 2. The van der Waals surface area contributed by atoms with Crippen LogP contribution < -0.4 is 20.1 Å². The van der Waals surface area contributed by atoms with Crippen molar-refractivity contribution in [2.75, 3.05) is 19.5 Å². The highest BCUT2D eigenvalue weighted by Crippen LogP contribution is 2.28. The highest BCUT2D eigenvalue weighted by molar-refractivity contribution is 7.80. The normalized spacial score (nSPS) is 10.0. The van der Waals surface area contributed by atoms with Gasteiger partial charge in [-0.05, 0) is 42.4 Å². The van der Waals surface area contributed by atoms with Gasteiger partial charge in [0, 0.05) is 17.5 Å². The largest absolute Gasteiger partial charge is 0.497 e. The highest BCUT2D eigenvalue weighted by atomic mass is 35.5. The number of nitrogens with one attached hydrogen (secondary N) is 2. The molecule has 0 aliphatic heterocycles. The van der Waals surface area contributed by atoms with Crippen molar-refractivity contribution in [3.8, 4) is 11.5 Å². The Morgan fingerprint density at radius 2 is 1.92 bits per heavy atom. The molecule has 0 bridgehead atoms. The molecule has 0 fully saturated rings. The van der Waals surface area contributed by atoms with E-state index in [1.54, 1.807) is 38.5 Å². The standard InChI is InChI=1S/C18H19ClN2O3S/c1-23-13-8-9-16(24-2)15(11-13)20-18(25)21-17(22)10-7-12-5-3-4-6-14(12)19/h3-6,8-9,11H,7,10H2,1-2H3,(H2,20,21,22,25). The third-order valence-corrected chi connectivity index (χ3v) is 4.06. The van der Waals surface area contributed by atoms with Gasteiger partial charge in [0.1, 0.15) is 11.5 Å². The van der Waals surface area contributed by atoms with Crippen LogP contribution in [-0.2, 0) is 11.2 Å². The fourth-order valence-electron chi connectivity index (χ4n) is 2.20. The van der Waals surface area contributed by atoms with Crippen LogP contribution in [0.1, 0.15) is 12.0 Å². The average Bonchev–Trinajstić information content (AvgIpc) is 2.60. The van der Waals surface area contributed by atoms with Crippen LogP contribution in [0.4, 0.5) is 5.69 Å². The van der Waals surface area contributed by atoms with Crippen LogP contribution in [0.2, 0.25) is 5.02 Å². The van der Waals surface area contributed by atoms with Gasteiger partial charge in [-0.3, -0.25) is 4.79 Å². The van der Waals surface area contributed by atoms with Gasteiger partial charge in [-0.1, -0.05) is 29.8 Å². The van der Waals surface area contributed by atoms with Gasteiger partial charge in [0.25, 0.3) is 0 Å². The molecule has 0 aliphatic carbocycles. The summed E-state index contributed by atoms with van der Waals surface area (Å²) in [5.74, 6) is 1.05. The molecule has 0 unspecified atom stereocenters. The molecule has 1 amide bonds. The van der Waals surface area contributed by atoms with Gasteiger partial charge >= 0.3 is 0 Å². The topological polar surface area (TPSA) is 59.6 Å². The Bertz CT molecular complexity index is 768. The zero-order chi connectivity index (χ0) is 18.2. The van der Waals surface area contributed by atoms with Crippen molar-refractivity contribution in [3.63, 3.8) is 0 Å². The molecule has 0 saturated carbocycles. The molecule has 7 heteroatoms. The van der Waals surface area contributed by atoms with Crippen LogP contribution in [0.25, 0.3) is 0 Å². The zero-order valence-corrected chi connectivity index (χ0v) is 15.5. The van der Waals surface area contributed by atoms with Crippen molar-refractivity contribution in [1.29, 1.82) is 0 Å². The lowest BCUT2D eigenvalue weighted by Gasteiger charge is -2.14. The highest BCUT2D eigenvalue weighted by Gasteiger charge is 2.10. The van der Waals surface area contributed by atoms with Crippen molar-refractivity contribution in [2.45, 2.75) is 12.8 Å². The lowest BCUT2D eigenvalue weighted by molar-refractivity contribution is -0.119. The van der Waals surface area contributed by atoms with Crippen molar-refractivity contribution < 1.29 is 14.3 Å². The summed E-state index contributed by atoms with van der Waals surface area (Å²) in [5, 5.41) is 6.43. The molecular weight excluding hydrogens is 360 g/mol. The summed E-state index contributed by atoms with van der Waals surface area (Å²) in [6, 6.07) is 12.7. The molecule has 0 spiro atoms. The number of carbonyl (C=O) groups is 1. The maximum absolute atomic E-state index is 12.1. The first-order valence-electron chi connectivity index (χ1n) is 7.59. The average molecular weight is 379 g/mol. The summed E-state index contributed by atoms with van der Waals surface area (Å²) >= 11 is 11.3. The molecule has 0 aliphatic rings. The minimum Gasteiger partial charge on any atom is -0.497 e. The van der Waals surface area contributed by atoms with E-state index in [0.717, 1.165) is 5.56 Å². The number of hydrogen-bond acceptors (Lipinski definition) is 4.